The largest absolute Gasteiger partial charge is 0.466 e. The fourth-order valence-corrected chi connectivity index (χ4v) is 1.96. The van der Waals surface area contributed by atoms with Gasteiger partial charge < -0.3 is 10.5 Å². The van der Waals surface area contributed by atoms with Gasteiger partial charge in [-0.3, -0.25) is 0 Å². The molecule has 0 saturated heterocycles. The second kappa shape index (κ2) is 5.24. The molecular weight excluding hydrogens is 271 g/mol. The number of anilines is 1. The van der Waals surface area contributed by atoms with Crippen LogP contribution in [-0.2, 0) is 0 Å². The van der Waals surface area contributed by atoms with Crippen LogP contribution in [0, 0.1) is 5.82 Å². The Balaban J connectivity index is 2.13. The summed E-state index contributed by atoms with van der Waals surface area (Å²) in [5.41, 5.74) is 7.88. The van der Waals surface area contributed by atoms with E-state index in [1.165, 1.54) is 19.2 Å². The molecule has 106 valence electrons. The molecule has 2 aromatic carbocycles. The van der Waals surface area contributed by atoms with Crippen molar-refractivity contribution in [3.63, 3.8) is 0 Å². The number of nitrogens with two attached hydrogens (primary N) is 1. The fraction of sp³-hybridized carbons (Fsp3) is 0.0667. The molecule has 0 aliphatic rings. The van der Waals surface area contributed by atoms with E-state index in [0.717, 1.165) is 11.3 Å². The number of halogens is 1. The number of rotatable bonds is 3. The normalized spacial score (nSPS) is 10.6. The van der Waals surface area contributed by atoms with Gasteiger partial charge in [0.25, 0.3) is 0 Å². The molecule has 0 aliphatic carbocycles. The Morgan fingerprint density at radius 1 is 1.05 bits per heavy atom. The summed E-state index contributed by atoms with van der Waals surface area (Å²) in [6.45, 7) is 0. The third-order valence-electron chi connectivity index (χ3n) is 3.01. The van der Waals surface area contributed by atoms with Gasteiger partial charge in [-0.1, -0.05) is 0 Å². The highest BCUT2D eigenvalue weighted by Crippen LogP contribution is 2.24. The van der Waals surface area contributed by atoms with E-state index >= 15 is 0 Å². The van der Waals surface area contributed by atoms with Crippen LogP contribution >= 0.6 is 0 Å². The molecule has 0 bridgehead atoms. The summed E-state index contributed by atoms with van der Waals surface area (Å²) in [7, 11) is 1.50. The number of aromatic nitrogens is 3. The Kier molecular flexibility index (Phi) is 3.27. The molecule has 1 aromatic heterocycles. The van der Waals surface area contributed by atoms with Crippen LogP contribution in [0.15, 0.2) is 48.5 Å². The zero-order valence-electron chi connectivity index (χ0n) is 11.3. The van der Waals surface area contributed by atoms with Gasteiger partial charge >= 0.3 is 6.01 Å². The maximum Gasteiger partial charge on any atom is 0.336 e. The summed E-state index contributed by atoms with van der Waals surface area (Å²) in [5, 5.41) is 4.28. The number of benzene rings is 2. The maximum absolute atomic E-state index is 13.1. The summed E-state index contributed by atoms with van der Waals surface area (Å²) in [4.78, 5) is 4.30. The van der Waals surface area contributed by atoms with Gasteiger partial charge in [-0.2, -0.15) is 4.98 Å². The van der Waals surface area contributed by atoms with E-state index in [2.05, 4.69) is 10.1 Å². The number of nitrogens with zero attached hydrogens (tertiary/aromatic N) is 3. The summed E-state index contributed by atoms with van der Waals surface area (Å²) < 4.78 is 19.8. The molecule has 3 aromatic rings. The van der Waals surface area contributed by atoms with Gasteiger partial charge in [0.05, 0.1) is 12.8 Å². The van der Waals surface area contributed by atoms with Crippen molar-refractivity contribution in [3.05, 3.63) is 54.3 Å². The highest BCUT2D eigenvalue weighted by atomic mass is 19.1. The number of ether oxygens (including phenoxy) is 1. The van der Waals surface area contributed by atoms with E-state index in [-0.39, 0.29) is 11.8 Å². The van der Waals surface area contributed by atoms with E-state index < -0.39 is 0 Å². The Bertz CT molecular complexity index is 687. The van der Waals surface area contributed by atoms with Gasteiger partial charge in [0, 0.05) is 11.3 Å². The van der Waals surface area contributed by atoms with Crippen LogP contribution in [0.2, 0.25) is 0 Å². The summed E-state index contributed by atoms with van der Waals surface area (Å²) >= 11 is 0. The predicted octanol–water partition coefficient (Wildman–Crippen LogP) is 2.66. The van der Waals surface area contributed by atoms with Crippen molar-refractivity contribution in [2.24, 2.45) is 0 Å². The smallest absolute Gasteiger partial charge is 0.336 e. The lowest BCUT2D eigenvalue weighted by molar-refractivity contribution is 0.380. The number of methoxy groups -OCH3 is 1. The van der Waals surface area contributed by atoms with Crippen molar-refractivity contribution < 1.29 is 9.13 Å². The zero-order valence-corrected chi connectivity index (χ0v) is 11.3. The first kappa shape index (κ1) is 13.1. The molecule has 1 heterocycles. The molecule has 0 atom stereocenters. The minimum Gasteiger partial charge on any atom is -0.466 e. The Morgan fingerprint density at radius 2 is 1.71 bits per heavy atom. The SMILES string of the molecule is COc1nc(-c2ccc(F)cc2)n(-c2ccc(N)cc2)n1. The van der Waals surface area contributed by atoms with Crippen molar-refractivity contribution >= 4 is 5.69 Å². The molecule has 0 unspecified atom stereocenters. The molecule has 5 nitrogen and oxygen atoms in total. The maximum atomic E-state index is 13.1. The highest BCUT2D eigenvalue weighted by molar-refractivity contribution is 5.59. The Hall–Kier alpha value is -2.89. The molecule has 21 heavy (non-hydrogen) atoms. The van der Waals surface area contributed by atoms with Crippen LogP contribution in [0.25, 0.3) is 17.1 Å². The molecular formula is C15H13FN4O. The summed E-state index contributed by atoms with van der Waals surface area (Å²) in [5.74, 6) is 0.265. The van der Waals surface area contributed by atoms with Crippen molar-refractivity contribution in [2.75, 3.05) is 12.8 Å². The fourth-order valence-electron chi connectivity index (χ4n) is 1.96. The molecule has 0 amide bonds. The van der Waals surface area contributed by atoms with Gasteiger partial charge in [0.15, 0.2) is 5.82 Å². The van der Waals surface area contributed by atoms with Crippen LogP contribution in [0.1, 0.15) is 0 Å². The van der Waals surface area contributed by atoms with E-state index in [4.69, 9.17) is 10.5 Å². The first-order chi connectivity index (χ1) is 10.2. The van der Waals surface area contributed by atoms with Crippen molar-refractivity contribution in [3.8, 4) is 23.1 Å². The lowest BCUT2D eigenvalue weighted by Crippen LogP contribution is -2.00. The molecule has 0 radical (unpaired) electrons. The molecule has 0 aliphatic heterocycles. The molecule has 0 saturated carbocycles. The topological polar surface area (TPSA) is 66.0 Å². The van der Waals surface area contributed by atoms with Crippen molar-refractivity contribution in [1.29, 1.82) is 0 Å². The van der Waals surface area contributed by atoms with Gasteiger partial charge in [0.1, 0.15) is 5.82 Å². The van der Waals surface area contributed by atoms with E-state index in [0.29, 0.717) is 11.5 Å². The lowest BCUT2D eigenvalue weighted by Gasteiger charge is -2.06. The molecule has 3 rings (SSSR count). The van der Waals surface area contributed by atoms with Crippen LogP contribution in [0.3, 0.4) is 0 Å². The summed E-state index contributed by atoms with van der Waals surface area (Å²) in [6.07, 6.45) is 0. The zero-order chi connectivity index (χ0) is 14.8. The Morgan fingerprint density at radius 3 is 2.33 bits per heavy atom. The van der Waals surface area contributed by atoms with Gasteiger partial charge in [-0.25, -0.2) is 9.07 Å². The van der Waals surface area contributed by atoms with Crippen LogP contribution in [0.4, 0.5) is 10.1 Å². The van der Waals surface area contributed by atoms with E-state index in [1.807, 2.05) is 12.1 Å². The third-order valence-corrected chi connectivity index (χ3v) is 3.01. The first-order valence-corrected chi connectivity index (χ1v) is 6.30. The standard InChI is InChI=1S/C15H13FN4O/c1-21-15-18-14(10-2-4-11(16)5-3-10)20(19-15)13-8-6-12(17)7-9-13/h2-9H,17H2,1H3. The van der Waals surface area contributed by atoms with Crippen molar-refractivity contribution in [1.82, 2.24) is 14.8 Å². The van der Waals surface area contributed by atoms with Gasteiger partial charge in [-0.05, 0) is 48.5 Å². The van der Waals surface area contributed by atoms with Gasteiger partial charge in [0.2, 0.25) is 0 Å². The van der Waals surface area contributed by atoms with Crippen LogP contribution in [-0.4, -0.2) is 21.9 Å². The molecule has 2 N–H and O–H groups in total. The predicted molar refractivity (Wildman–Crippen MR) is 77.7 cm³/mol. The van der Waals surface area contributed by atoms with Crippen LogP contribution in [0.5, 0.6) is 6.01 Å². The Labute approximate surface area is 120 Å². The molecule has 6 heteroatoms. The average molecular weight is 284 g/mol. The third kappa shape index (κ3) is 2.55. The minimum absolute atomic E-state index is 0.242. The second-order valence-electron chi connectivity index (χ2n) is 4.43. The summed E-state index contributed by atoms with van der Waals surface area (Å²) in [6, 6.07) is 13.5. The highest BCUT2D eigenvalue weighted by Gasteiger charge is 2.14. The van der Waals surface area contributed by atoms with Gasteiger partial charge in [-0.15, -0.1) is 5.10 Å². The average Bonchev–Trinajstić information content (AvgIpc) is 2.93. The number of nitrogen functional groups attached to an aromatic ring is 1. The first-order valence-electron chi connectivity index (χ1n) is 6.30. The lowest BCUT2D eigenvalue weighted by atomic mass is 10.2. The van der Waals surface area contributed by atoms with Crippen LogP contribution < -0.4 is 10.5 Å². The monoisotopic (exact) mass is 284 g/mol. The second-order valence-corrected chi connectivity index (χ2v) is 4.43. The molecule has 0 spiro atoms. The molecule has 0 fully saturated rings. The number of hydrogen-bond acceptors (Lipinski definition) is 4. The van der Waals surface area contributed by atoms with E-state index in [1.54, 1.807) is 28.9 Å². The quantitative estimate of drug-likeness (QED) is 0.751. The minimum atomic E-state index is -0.302. The number of hydrogen-bond donors (Lipinski definition) is 1. The van der Waals surface area contributed by atoms with E-state index in [9.17, 15) is 4.39 Å². The van der Waals surface area contributed by atoms with Crippen molar-refractivity contribution in [2.45, 2.75) is 0 Å².